The number of esters is 1. The Balaban J connectivity index is 1.72. The van der Waals surface area contributed by atoms with Crippen LogP contribution in [-0.4, -0.2) is 55.0 Å². The zero-order valence-corrected chi connectivity index (χ0v) is 16.7. The molecule has 0 radical (unpaired) electrons. The molecule has 1 aliphatic rings. The third kappa shape index (κ3) is 4.46. The summed E-state index contributed by atoms with van der Waals surface area (Å²) < 4.78 is 19.0. The summed E-state index contributed by atoms with van der Waals surface area (Å²) in [6.45, 7) is 1.62. The molecule has 1 fully saturated rings. The minimum atomic E-state index is -0.645. The molecule has 148 valence electrons. The number of benzene rings is 2. The molecule has 5 nitrogen and oxygen atoms in total. The van der Waals surface area contributed by atoms with E-state index in [0.717, 1.165) is 11.6 Å². The summed E-state index contributed by atoms with van der Waals surface area (Å²) in [5.41, 5.74) is 0.750. The molecule has 1 heterocycles. The lowest BCUT2D eigenvalue weighted by Gasteiger charge is -2.38. The van der Waals surface area contributed by atoms with Gasteiger partial charge in [-0.1, -0.05) is 35.3 Å². The molecule has 0 aliphatic carbocycles. The summed E-state index contributed by atoms with van der Waals surface area (Å²) >= 11 is 11.7. The van der Waals surface area contributed by atoms with Gasteiger partial charge in [0.25, 0.3) is 5.91 Å². The Kier molecular flexibility index (Phi) is 6.54. The fourth-order valence-electron chi connectivity index (χ4n) is 3.27. The zero-order valence-electron chi connectivity index (χ0n) is 15.2. The maximum absolute atomic E-state index is 14.1. The highest BCUT2D eigenvalue weighted by Crippen LogP contribution is 2.26. The molecule has 0 unspecified atom stereocenters. The predicted octanol–water partition coefficient (Wildman–Crippen LogP) is 3.80. The highest BCUT2D eigenvalue weighted by molar-refractivity contribution is 6.30. The molecule has 1 amide bonds. The Morgan fingerprint density at radius 3 is 2.18 bits per heavy atom. The lowest BCUT2D eigenvalue weighted by molar-refractivity contribution is -0.148. The number of amides is 1. The van der Waals surface area contributed by atoms with Gasteiger partial charge in [0, 0.05) is 36.2 Å². The molecule has 0 spiro atoms. The van der Waals surface area contributed by atoms with E-state index in [1.54, 1.807) is 29.2 Å². The highest BCUT2D eigenvalue weighted by atomic mass is 35.5. The Morgan fingerprint density at radius 2 is 1.61 bits per heavy atom. The molecular formula is C20H19Cl2FN2O3. The van der Waals surface area contributed by atoms with Gasteiger partial charge in [-0.2, -0.15) is 0 Å². The van der Waals surface area contributed by atoms with Crippen molar-refractivity contribution in [3.63, 3.8) is 0 Å². The van der Waals surface area contributed by atoms with E-state index in [9.17, 15) is 14.0 Å². The van der Waals surface area contributed by atoms with Gasteiger partial charge in [-0.15, -0.1) is 0 Å². The number of nitrogens with zero attached hydrogens (tertiary/aromatic N) is 2. The number of carbonyl (C=O) groups excluding carboxylic acids is 2. The van der Waals surface area contributed by atoms with Gasteiger partial charge in [0.15, 0.2) is 0 Å². The highest BCUT2D eigenvalue weighted by Gasteiger charge is 2.33. The van der Waals surface area contributed by atoms with Crippen molar-refractivity contribution in [2.24, 2.45) is 0 Å². The number of carbonyl (C=O) groups is 2. The van der Waals surface area contributed by atoms with Crippen LogP contribution in [0.25, 0.3) is 0 Å². The van der Waals surface area contributed by atoms with Crippen molar-refractivity contribution in [2.45, 2.75) is 6.04 Å². The topological polar surface area (TPSA) is 49.9 Å². The van der Waals surface area contributed by atoms with Crippen LogP contribution in [0.5, 0.6) is 0 Å². The minimum absolute atomic E-state index is 0.0138. The Bertz CT molecular complexity index is 868. The SMILES string of the molecule is COC(=O)[C@H](c1ccc(Cl)cc1)N1CCN(C(=O)c2ccc(Cl)cc2F)CC1. The van der Waals surface area contributed by atoms with Crippen molar-refractivity contribution in [1.29, 1.82) is 0 Å². The molecule has 0 aromatic heterocycles. The van der Waals surface area contributed by atoms with Crippen molar-refractivity contribution in [1.82, 2.24) is 9.80 Å². The summed E-state index contributed by atoms with van der Waals surface area (Å²) in [6.07, 6.45) is 0. The van der Waals surface area contributed by atoms with E-state index in [4.69, 9.17) is 27.9 Å². The van der Waals surface area contributed by atoms with E-state index < -0.39 is 17.8 Å². The molecule has 8 heteroatoms. The van der Waals surface area contributed by atoms with Gasteiger partial charge in [-0.25, -0.2) is 9.18 Å². The number of rotatable bonds is 4. The van der Waals surface area contributed by atoms with Crippen molar-refractivity contribution in [3.8, 4) is 0 Å². The predicted molar refractivity (Wildman–Crippen MR) is 105 cm³/mol. The molecular weight excluding hydrogens is 406 g/mol. The number of methoxy groups -OCH3 is 1. The number of piperazine rings is 1. The van der Waals surface area contributed by atoms with Crippen LogP contribution in [0.2, 0.25) is 10.0 Å². The molecule has 0 bridgehead atoms. The van der Waals surface area contributed by atoms with Crippen LogP contribution in [0.15, 0.2) is 42.5 Å². The number of hydrogen-bond donors (Lipinski definition) is 0. The van der Waals surface area contributed by atoms with Crippen LogP contribution in [0.1, 0.15) is 22.0 Å². The summed E-state index contributed by atoms with van der Waals surface area (Å²) in [5, 5.41) is 0.815. The van der Waals surface area contributed by atoms with Gasteiger partial charge >= 0.3 is 5.97 Å². The summed E-state index contributed by atoms with van der Waals surface area (Å²) in [5.74, 6) is -1.42. The second kappa shape index (κ2) is 8.90. The first-order chi connectivity index (χ1) is 13.4. The Labute approximate surface area is 172 Å². The second-order valence-corrected chi connectivity index (χ2v) is 7.30. The summed E-state index contributed by atoms with van der Waals surface area (Å²) in [4.78, 5) is 28.5. The van der Waals surface area contributed by atoms with Crippen LogP contribution in [0, 0.1) is 5.82 Å². The van der Waals surface area contributed by atoms with Crippen LogP contribution in [0.4, 0.5) is 4.39 Å². The smallest absolute Gasteiger partial charge is 0.327 e. The first-order valence-electron chi connectivity index (χ1n) is 8.72. The zero-order chi connectivity index (χ0) is 20.3. The van der Waals surface area contributed by atoms with Crippen molar-refractivity contribution < 1.29 is 18.7 Å². The largest absolute Gasteiger partial charge is 0.468 e. The van der Waals surface area contributed by atoms with E-state index in [-0.39, 0.29) is 16.6 Å². The van der Waals surface area contributed by atoms with E-state index in [0.29, 0.717) is 31.2 Å². The molecule has 1 saturated heterocycles. The Morgan fingerprint density at radius 1 is 1.00 bits per heavy atom. The van der Waals surface area contributed by atoms with Crippen LogP contribution in [0.3, 0.4) is 0 Å². The maximum atomic E-state index is 14.1. The normalized spacial score (nSPS) is 15.9. The molecule has 3 rings (SSSR count). The van der Waals surface area contributed by atoms with Crippen molar-refractivity contribution in [3.05, 3.63) is 69.5 Å². The van der Waals surface area contributed by atoms with Crippen molar-refractivity contribution >= 4 is 35.1 Å². The fourth-order valence-corrected chi connectivity index (χ4v) is 3.55. The van der Waals surface area contributed by atoms with Gasteiger partial charge in [0.1, 0.15) is 11.9 Å². The first-order valence-corrected chi connectivity index (χ1v) is 9.48. The summed E-state index contributed by atoms with van der Waals surface area (Å²) in [7, 11) is 1.34. The van der Waals surface area contributed by atoms with Crippen LogP contribution < -0.4 is 0 Å². The molecule has 28 heavy (non-hydrogen) atoms. The average molecular weight is 425 g/mol. The lowest BCUT2D eigenvalue weighted by Crippen LogP contribution is -2.51. The maximum Gasteiger partial charge on any atom is 0.327 e. The standard InChI is InChI=1S/C20H19Cl2FN2O3/c1-28-20(27)18(13-2-4-14(21)5-3-13)24-8-10-25(11-9-24)19(26)16-7-6-15(22)12-17(16)23/h2-7,12,18H,8-11H2,1H3/t18-/m0/s1. The van der Waals surface area contributed by atoms with Gasteiger partial charge in [0.05, 0.1) is 12.7 Å². The van der Waals surface area contributed by atoms with E-state index in [1.165, 1.54) is 19.2 Å². The van der Waals surface area contributed by atoms with Crippen LogP contribution >= 0.6 is 23.2 Å². The molecule has 1 atom stereocenters. The number of halogens is 3. The summed E-state index contributed by atoms with van der Waals surface area (Å²) in [6, 6.07) is 10.4. The lowest BCUT2D eigenvalue weighted by atomic mass is 10.0. The first kappa shape index (κ1) is 20.6. The van der Waals surface area contributed by atoms with Gasteiger partial charge in [-0.05, 0) is 35.9 Å². The average Bonchev–Trinajstić information content (AvgIpc) is 2.69. The fraction of sp³-hybridized carbons (Fsp3) is 0.300. The third-order valence-electron chi connectivity index (χ3n) is 4.74. The van der Waals surface area contributed by atoms with E-state index in [1.807, 2.05) is 4.90 Å². The van der Waals surface area contributed by atoms with Crippen molar-refractivity contribution in [2.75, 3.05) is 33.3 Å². The second-order valence-electron chi connectivity index (χ2n) is 6.43. The minimum Gasteiger partial charge on any atom is -0.468 e. The Hall–Kier alpha value is -2.15. The molecule has 0 saturated carbocycles. The quantitative estimate of drug-likeness (QED) is 0.700. The number of hydrogen-bond acceptors (Lipinski definition) is 4. The molecule has 2 aromatic rings. The number of ether oxygens (including phenoxy) is 1. The van der Waals surface area contributed by atoms with Gasteiger partial charge < -0.3 is 9.64 Å². The van der Waals surface area contributed by atoms with E-state index in [2.05, 4.69) is 0 Å². The van der Waals surface area contributed by atoms with Gasteiger partial charge in [-0.3, -0.25) is 9.69 Å². The van der Waals surface area contributed by atoms with E-state index >= 15 is 0 Å². The monoisotopic (exact) mass is 424 g/mol. The van der Waals surface area contributed by atoms with Crippen LogP contribution in [-0.2, 0) is 9.53 Å². The molecule has 0 N–H and O–H groups in total. The van der Waals surface area contributed by atoms with Gasteiger partial charge in [0.2, 0.25) is 0 Å². The molecule has 1 aliphatic heterocycles. The third-order valence-corrected chi connectivity index (χ3v) is 5.23. The molecule has 2 aromatic carbocycles.